The lowest BCUT2D eigenvalue weighted by Crippen LogP contribution is -2.53. The average molecular weight is 672 g/mol. The number of nitrogens with one attached hydrogen (secondary N) is 1. The van der Waals surface area contributed by atoms with Gasteiger partial charge in [-0.3, -0.25) is 13.9 Å². The van der Waals surface area contributed by atoms with Crippen LogP contribution >= 0.6 is 0 Å². The van der Waals surface area contributed by atoms with Crippen LogP contribution in [0.25, 0.3) is 0 Å². The summed E-state index contributed by atoms with van der Waals surface area (Å²) in [4.78, 5) is 30.2. The summed E-state index contributed by atoms with van der Waals surface area (Å²) in [6.45, 7) is 5.94. The molecule has 0 saturated heterocycles. The van der Waals surface area contributed by atoms with Gasteiger partial charge in [0.15, 0.2) is 0 Å². The quantitative estimate of drug-likeness (QED) is 0.135. The van der Waals surface area contributed by atoms with Crippen LogP contribution in [0.15, 0.2) is 108 Å². The summed E-state index contributed by atoms with van der Waals surface area (Å²) in [6.07, 6.45) is 1.90. The molecule has 0 heterocycles. The minimum Gasteiger partial charge on any atom is -0.497 e. The summed E-state index contributed by atoms with van der Waals surface area (Å²) >= 11 is 0. The second-order valence-electron chi connectivity index (χ2n) is 11.4. The molecule has 4 rings (SSSR count). The molecule has 4 aromatic rings. The molecule has 254 valence electrons. The Morgan fingerprint density at radius 3 is 2.23 bits per heavy atom. The number of ether oxygens (including phenoxy) is 2. The van der Waals surface area contributed by atoms with Crippen LogP contribution in [0, 0.1) is 6.92 Å². The maximum Gasteiger partial charge on any atom is 0.264 e. The Labute approximate surface area is 284 Å². The van der Waals surface area contributed by atoms with Crippen molar-refractivity contribution in [3.63, 3.8) is 0 Å². The van der Waals surface area contributed by atoms with Crippen molar-refractivity contribution in [2.75, 3.05) is 31.1 Å². The van der Waals surface area contributed by atoms with Crippen molar-refractivity contribution < 1.29 is 27.5 Å². The Morgan fingerprint density at radius 1 is 0.854 bits per heavy atom. The average Bonchev–Trinajstić information content (AvgIpc) is 3.10. The molecule has 0 aliphatic carbocycles. The summed E-state index contributed by atoms with van der Waals surface area (Å²) in [7, 11) is -2.70. The van der Waals surface area contributed by atoms with Gasteiger partial charge < -0.3 is 19.7 Å². The van der Waals surface area contributed by atoms with Gasteiger partial charge in [0, 0.05) is 19.5 Å². The minimum atomic E-state index is -4.26. The molecular weight excluding hydrogens is 627 g/mol. The summed E-state index contributed by atoms with van der Waals surface area (Å²) < 4.78 is 41.1. The van der Waals surface area contributed by atoms with E-state index in [0.29, 0.717) is 24.7 Å². The Bertz CT molecular complexity index is 1750. The highest BCUT2D eigenvalue weighted by Crippen LogP contribution is 2.33. The Balaban J connectivity index is 1.83. The SMILES string of the molecule is CCCCNC(=O)[C@H](Cc1ccccc1)N(Cc1cccc(OC)c1)C(=O)CN(c1ccccc1OCC)S(=O)(=O)c1ccc(C)cc1. The second-order valence-corrected chi connectivity index (χ2v) is 13.3. The van der Waals surface area contributed by atoms with Crippen molar-refractivity contribution in [3.05, 3.63) is 120 Å². The highest BCUT2D eigenvalue weighted by Gasteiger charge is 2.35. The summed E-state index contributed by atoms with van der Waals surface area (Å²) in [6, 6.07) is 29.0. The first-order valence-electron chi connectivity index (χ1n) is 16.2. The number of benzene rings is 4. The number of anilines is 1. The molecule has 2 amide bonds. The lowest BCUT2D eigenvalue weighted by molar-refractivity contribution is -0.140. The zero-order valence-corrected chi connectivity index (χ0v) is 28.9. The topological polar surface area (TPSA) is 105 Å². The number of sulfonamides is 1. The first-order chi connectivity index (χ1) is 23.2. The van der Waals surface area contributed by atoms with Gasteiger partial charge in [-0.15, -0.1) is 0 Å². The molecule has 0 aliphatic rings. The molecule has 0 unspecified atom stereocenters. The Kier molecular flexibility index (Phi) is 13.0. The minimum absolute atomic E-state index is 0.0321. The van der Waals surface area contributed by atoms with E-state index in [1.165, 1.54) is 17.0 Å². The smallest absolute Gasteiger partial charge is 0.264 e. The lowest BCUT2D eigenvalue weighted by atomic mass is 10.0. The third kappa shape index (κ3) is 9.38. The first kappa shape index (κ1) is 36.0. The van der Waals surface area contributed by atoms with E-state index in [1.54, 1.807) is 55.6 Å². The van der Waals surface area contributed by atoms with E-state index in [0.717, 1.165) is 33.8 Å². The van der Waals surface area contributed by atoms with E-state index in [-0.39, 0.29) is 29.5 Å². The van der Waals surface area contributed by atoms with Crippen molar-refractivity contribution in [2.24, 2.45) is 0 Å². The molecule has 0 fully saturated rings. The monoisotopic (exact) mass is 671 g/mol. The second kappa shape index (κ2) is 17.4. The predicted molar refractivity (Wildman–Crippen MR) is 189 cm³/mol. The van der Waals surface area contributed by atoms with E-state index >= 15 is 0 Å². The zero-order chi connectivity index (χ0) is 34.5. The van der Waals surface area contributed by atoms with Gasteiger partial charge in [-0.2, -0.15) is 0 Å². The van der Waals surface area contributed by atoms with Gasteiger partial charge in [0.2, 0.25) is 11.8 Å². The number of para-hydroxylation sites is 2. The number of carbonyl (C=O) groups is 2. The number of nitrogens with zero attached hydrogens (tertiary/aromatic N) is 2. The molecule has 1 atom stereocenters. The van der Waals surface area contributed by atoms with Crippen molar-refractivity contribution in [1.29, 1.82) is 0 Å². The van der Waals surface area contributed by atoms with Crippen LogP contribution in [0.4, 0.5) is 5.69 Å². The highest BCUT2D eigenvalue weighted by molar-refractivity contribution is 7.92. The molecule has 10 heteroatoms. The number of hydrogen-bond donors (Lipinski definition) is 1. The van der Waals surface area contributed by atoms with Crippen LogP contribution in [0.1, 0.15) is 43.4 Å². The number of methoxy groups -OCH3 is 1. The van der Waals surface area contributed by atoms with Crippen molar-refractivity contribution in [3.8, 4) is 11.5 Å². The molecule has 0 aliphatic heterocycles. The Morgan fingerprint density at radius 2 is 1.54 bits per heavy atom. The zero-order valence-electron chi connectivity index (χ0n) is 28.1. The fourth-order valence-corrected chi connectivity index (χ4v) is 6.74. The standard InChI is InChI=1S/C38H45N3O6S/c1-5-7-24-39-38(43)35(26-30-14-9-8-10-15-30)40(27-31-16-13-17-32(25-31)46-4)37(42)28-41(34-18-11-12-19-36(34)47-6-2)48(44,45)33-22-20-29(3)21-23-33/h8-23,25,35H,5-7,24,26-28H2,1-4H3,(H,39,43)/t35-/m0/s1. The molecule has 1 N–H and O–H groups in total. The van der Waals surface area contributed by atoms with Crippen LogP contribution in [0.2, 0.25) is 0 Å². The third-order valence-corrected chi connectivity index (χ3v) is 9.68. The van der Waals surface area contributed by atoms with Gasteiger partial charge in [-0.25, -0.2) is 8.42 Å². The number of carbonyl (C=O) groups excluding carboxylic acids is 2. The van der Waals surface area contributed by atoms with Crippen molar-refractivity contribution in [2.45, 2.75) is 57.5 Å². The maximum atomic E-state index is 14.7. The van der Waals surface area contributed by atoms with E-state index in [2.05, 4.69) is 5.32 Å². The third-order valence-electron chi connectivity index (χ3n) is 7.91. The lowest BCUT2D eigenvalue weighted by Gasteiger charge is -2.34. The van der Waals surface area contributed by atoms with Crippen molar-refractivity contribution >= 4 is 27.5 Å². The largest absolute Gasteiger partial charge is 0.497 e. The van der Waals surface area contributed by atoms with Gasteiger partial charge in [-0.05, 0) is 67.8 Å². The fourth-order valence-electron chi connectivity index (χ4n) is 5.32. The van der Waals surface area contributed by atoms with Gasteiger partial charge in [-0.1, -0.05) is 85.6 Å². The summed E-state index contributed by atoms with van der Waals surface area (Å²) in [5.74, 6) is 0.0553. The number of hydrogen-bond acceptors (Lipinski definition) is 6. The fraction of sp³-hybridized carbons (Fsp3) is 0.316. The predicted octanol–water partition coefficient (Wildman–Crippen LogP) is 6.15. The van der Waals surface area contributed by atoms with Crippen molar-refractivity contribution in [1.82, 2.24) is 10.2 Å². The van der Waals surface area contributed by atoms with E-state index in [1.807, 2.05) is 63.2 Å². The van der Waals surface area contributed by atoms with Crippen LogP contribution in [0.3, 0.4) is 0 Å². The molecule has 0 radical (unpaired) electrons. The normalized spacial score (nSPS) is 11.8. The molecule has 9 nitrogen and oxygen atoms in total. The summed E-state index contributed by atoms with van der Waals surface area (Å²) in [5, 5.41) is 3.01. The number of unbranched alkanes of at least 4 members (excludes halogenated alkanes) is 1. The van der Waals surface area contributed by atoms with E-state index < -0.39 is 28.5 Å². The first-order valence-corrected chi connectivity index (χ1v) is 17.7. The van der Waals surface area contributed by atoms with Gasteiger partial charge >= 0.3 is 0 Å². The van der Waals surface area contributed by atoms with E-state index in [4.69, 9.17) is 9.47 Å². The maximum absolute atomic E-state index is 14.7. The molecule has 0 bridgehead atoms. The number of rotatable bonds is 17. The molecule has 0 spiro atoms. The molecule has 48 heavy (non-hydrogen) atoms. The molecule has 4 aromatic carbocycles. The van der Waals surface area contributed by atoms with Crippen LogP contribution in [-0.4, -0.2) is 58.0 Å². The molecule has 0 aromatic heterocycles. The van der Waals surface area contributed by atoms with Crippen LogP contribution in [0.5, 0.6) is 11.5 Å². The number of amides is 2. The van der Waals surface area contributed by atoms with Gasteiger partial charge in [0.25, 0.3) is 10.0 Å². The highest BCUT2D eigenvalue weighted by atomic mass is 32.2. The van der Waals surface area contributed by atoms with Crippen LogP contribution < -0.4 is 19.1 Å². The van der Waals surface area contributed by atoms with E-state index in [9.17, 15) is 18.0 Å². The molecule has 0 saturated carbocycles. The number of aryl methyl sites for hydroxylation is 1. The van der Waals surface area contributed by atoms with Gasteiger partial charge in [0.05, 0.1) is 24.3 Å². The van der Waals surface area contributed by atoms with Crippen LogP contribution in [-0.2, 0) is 32.6 Å². The van der Waals surface area contributed by atoms with Gasteiger partial charge in [0.1, 0.15) is 24.1 Å². The Hall–Kier alpha value is -4.83. The molecular formula is C38H45N3O6S. The summed E-state index contributed by atoms with van der Waals surface area (Å²) in [5.41, 5.74) is 2.71.